The third-order valence-electron chi connectivity index (χ3n) is 4.76. The summed E-state index contributed by atoms with van der Waals surface area (Å²) in [4.78, 5) is 25.0. The van der Waals surface area contributed by atoms with E-state index in [0.717, 1.165) is 4.47 Å². The van der Waals surface area contributed by atoms with Crippen molar-refractivity contribution < 1.29 is 33.3 Å². The number of carbonyl (C=O) groups excluding carboxylic acids is 2. The summed E-state index contributed by atoms with van der Waals surface area (Å²) in [5.41, 5.74) is 3.71. The molecule has 1 amide bonds. The average molecular weight is 543 g/mol. The quantitative estimate of drug-likeness (QED) is 0.184. The highest BCUT2D eigenvalue weighted by atomic mass is 79.9. The van der Waals surface area contributed by atoms with E-state index in [1.54, 1.807) is 36.4 Å². The number of hydrazone groups is 1. The van der Waals surface area contributed by atoms with E-state index in [9.17, 15) is 9.59 Å². The Bertz CT molecular complexity index is 1240. The number of hydrogen-bond acceptors (Lipinski definition) is 8. The fraction of sp³-hybridized carbons (Fsp3) is 0.160. The minimum Gasteiger partial charge on any atom is -0.493 e. The molecule has 182 valence electrons. The summed E-state index contributed by atoms with van der Waals surface area (Å²) >= 11 is 3.33. The SMILES string of the molecule is COc1cc(/C=N\NC(=O)c2cc(OC)c(OC)c(OC)c2)ccc1OC(=O)c1cccc(Br)c1. The molecule has 9 nitrogen and oxygen atoms in total. The maximum atomic E-state index is 12.6. The van der Waals surface area contributed by atoms with Crippen molar-refractivity contribution in [2.24, 2.45) is 5.10 Å². The monoisotopic (exact) mass is 542 g/mol. The van der Waals surface area contributed by atoms with E-state index < -0.39 is 11.9 Å². The molecule has 0 atom stereocenters. The summed E-state index contributed by atoms with van der Waals surface area (Å²) in [6.45, 7) is 0. The van der Waals surface area contributed by atoms with Crippen LogP contribution in [-0.4, -0.2) is 46.5 Å². The Labute approximate surface area is 210 Å². The first-order valence-electron chi connectivity index (χ1n) is 10.2. The lowest BCUT2D eigenvalue weighted by Gasteiger charge is -2.13. The number of halogens is 1. The molecule has 0 saturated heterocycles. The first kappa shape index (κ1) is 25.6. The van der Waals surface area contributed by atoms with Gasteiger partial charge in [0.25, 0.3) is 5.91 Å². The van der Waals surface area contributed by atoms with Crippen LogP contribution < -0.4 is 29.1 Å². The zero-order valence-electron chi connectivity index (χ0n) is 19.5. The summed E-state index contributed by atoms with van der Waals surface area (Å²) in [6, 6.07) is 14.8. The fourth-order valence-corrected chi connectivity index (χ4v) is 3.46. The minimum absolute atomic E-state index is 0.246. The van der Waals surface area contributed by atoms with Crippen LogP contribution in [-0.2, 0) is 0 Å². The molecule has 3 rings (SSSR count). The maximum Gasteiger partial charge on any atom is 0.343 e. The van der Waals surface area contributed by atoms with Crippen LogP contribution in [0.1, 0.15) is 26.3 Å². The zero-order valence-corrected chi connectivity index (χ0v) is 21.0. The molecular weight excluding hydrogens is 520 g/mol. The third kappa shape index (κ3) is 6.30. The smallest absolute Gasteiger partial charge is 0.343 e. The van der Waals surface area contributed by atoms with Gasteiger partial charge in [-0.15, -0.1) is 0 Å². The molecule has 10 heteroatoms. The molecule has 0 bridgehead atoms. The van der Waals surface area contributed by atoms with Crippen LogP contribution in [0.5, 0.6) is 28.7 Å². The molecule has 35 heavy (non-hydrogen) atoms. The summed E-state index contributed by atoms with van der Waals surface area (Å²) in [5.74, 6) is 0.639. The minimum atomic E-state index is -0.524. The maximum absolute atomic E-state index is 12.6. The lowest BCUT2D eigenvalue weighted by molar-refractivity contribution is 0.0729. The predicted molar refractivity (Wildman–Crippen MR) is 133 cm³/mol. The third-order valence-corrected chi connectivity index (χ3v) is 5.25. The van der Waals surface area contributed by atoms with E-state index >= 15 is 0 Å². The molecule has 0 aliphatic carbocycles. The molecule has 0 aromatic heterocycles. The summed E-state index contributed by atoms with van der Waals surface area (Å²) in [5, 5.41) is 3.99. The molecule has 3 aromatic rings. The van der Waals surface area contributed by atoms with Gasteiger partial charge in [-0.05, 0) is 54.1 Å². The van der Waals surface area contributed by atoms with E-state index in [1.807, 2.05) is 6.07 Å². The Balaban J connectivity index is 1.71. The van der Waals surface area contributed by atoms with E-state index in [0.29, 0.717) is 34.1 Å². The number of methoxy groups -OCH3 is 4. The van der Waals surface area contributed by atoms with Crippen LogP contribution in [0.4, 0.5) is 0 Å². The highest BCUT2D eigenvalue weighted by Gasteiger charge is 2.17. The van der Waals surface area contributed by atoms with Crippen molar-refractivity contribution in [2.75, 3.05) is 28.4 Å². The lowest BCUT2D eigenvalue weighted by Crippen LogP contribution is -2.18. The Morgan fingerprint density at radius 1 is 0.800 bits per heavy atom. The van der Waals surface area contributed by atoms with Crippen LogP contribution in [0.3, 0.4) is 0 Å². The lowest BCUT2D eigenvalue weighted by atomic mass is 10.1. The molecule has 0 aliphatic heterocycles. The molecule has 0 aliphatic rings. The number of carbonyl (C=O) groups is 2. The number of benzene rings is 3. The van der Waals surface area contributed by atoms with Gasteiger partial charge in [0.2, 0.25) is 5.75 Å². The summed E-state index contributed by atoms with van der Waals surface area (Å²) in [7, 11) is 5.86. The van der Waals surface area contributed by atoms with E-state index in [2.05, 4.69) is 26.5 Å². The average Bonchev–Trinajstić information content (AvgIpc) is 2.88. The van der Waals surface area contributed by atoms with Crippen molar-refractivity contribution in [3.8, 4) is 28.7 Å². The molecule has 0 radical (unpaired) electrons. The first-order valence-corrected chi connectivity index (χ1v) is 11.0. The van der Waals surface area contributed by atoms with Gasteiger partial charge >= 0.3 is 5.97 Å². The van der Waals surface area contributed by atoms with Gasteiger partial charge in [-0.3, -0.25) is 4.79 Å². The van der Waals surface area contributed by atoms with Crippen LogP contribution in [0, 0.1) is 0 Å². The summed E-state index contributed by atoms with van der Waals surface area (Å²) in [6.07, 6.45) is 1.43. The molecule has 3 aromatic carbocycles. The second-order valence-corrected chi connectivity index (χ2v) is 7.84. The standard InChI is InChI=1S/C25H23BrN2O7/c1-31-20-10-15(8-9-19(20)35-25(30)16-6-5-7-18(26)11-16)14-27-28-24(29)17-12-21(32-2)23(34-4)22(13-17)33-3/h5-14H,1-4H3,(H,28,29)/b27-14-. The van der Waals surface area contributed by atoms with Crippen molar-refractivity contribution in [3.63, 3.8) is 0 Å². The highest BCUT2D eigenvalue weighted by molar-refractivity contribution is 9.10. The number of hydrogen-bond donors (Lipinski definition) is 1. The van der Waals surface area contributed by atoms with Gasteiger partial charge in [-0.25, -0.2) is 10.2 Å². The van der Waals surface area contributed by atoms with Crippen LogP contribution in [0.25, 0.3) is 0 Å². The largest absolute Gasteiger partial charge is 0.493 e. The number of rotatable bonds is 9. The molecule has 0 saturated carbocycles. The second kappa shape index (κ2) is 11.9. The van der Waals surface area contributed by atoms with Crippen molar-refractivity contribution >= 4 is 34.0 Å². The van der Waals surface area contributed by atoms with Gasteiger partial charge in [-0.1, -0.05) is 22.0 Å². The van der Waals surface area contributed by atoms with E-state index in [4.69, 9.17) is 23.7 Å². The summed E-state index contributed by atoms with van der Waals surface area (Å²) < 4.78 is 27.4. The molecule has 0 heterocycles. The van der Waals surface area contributed by atoms with E-state index in [1.165, 1.54) is 46.8 Å². The normalized spacial score (nSPS) is 10.5. The molecule has 0 spiro atoms. The molecule has 0 fully saturated rings. The molecule has 0 unspecified atom stereocenters. The highest BCUT2D eigenvalue weighted by Crippen LogP contribution is 2.38. The number of ether oxygens (including phenoxy) is 5. The second-order valence-electron chi connectivity index (χ2n) is 6.92. The van der Waals surface area contributed by atoms with Gasteiger partial charge < -0.3 is 23.7 Å². The first-order chi connectivity index (χ1) is 16.9. The molecule has 1 N–H and O–H groups in total. The van der Waals surface area contributed by atoms with Crippen LogP contribution in [0.2, 0.25) is 0 Å². The van der Waals surface area contributed by atoms with E-state index in [-0.39, 0.29) is 11.3 Å². The topological polar surface area (TPSA) is 105 Å². The van der Waals surface area contributed by atoms with Crippen LogP contribution in [0.15, 0.2) is 64.2 Å². The van der Waals surface area contributed by atoms with Crippen molar-refractivity contribution in [3.05, 3.63) is 75.8 Å². The number of amides is 1. The number of esters is 1. The Kier molecular flexibility index (Phi) is 8.69. The Hall–Kier alpha value is -4.05. The zero-order chi connectivity index (χ0) is 25.4. The van der Waals surface area contributed by atoms with Crippen molar-refractivity contribution in [2.45, 2.75) is 0 Å². The van der Waals surface area contributed by atoms with Gasteiger partial charge in [0.05, 0.1) is 40.2 Å². The van der Waals surface area contributed by atoms with Gasteiger partial charge in [-0.2, -0.15) is 5.10 Å². The number of nitrogens with zero attached hydrogens (tertiary/aromatic N) is 1. The Morgan fingerprint density at radius 3 is 2.09 bits per heavy atom. The predicted octanol–water partition coefficient (Wildman–Crippen LogP) is 4.47. The van der Waals surface area contributed by atoms with Crippen molar-refractivity contribution in [1.29, 1.82) is 0 Å². The Morgan fingerprint density at radius 2 is 1.49 bits per heavy atom. The van der Waals surface area contributed by atoms with Gasteiger partial charge in [0.15, 0.2) is 23.0 Å². The van der Waals surface area contributed by atoms with Crippen molar-refractivity contribution in [1.82, 2.24) is 5.43 Å². The fourth-order valence-electron chi connectivity index (χ4n) is 3.07. The number of nitrogens with one attached hydrogen (secondary N) is 1. The van der Waals surface area contributed by atoms with Gasteiger partial charge in [0, 0.05) is 10.0 Å². The van der Waals surface area contributed by atoms with Crippen LogP contribution >= 0.6 is 15.9 Å². The van der Waals surface area contributed by atoms with Gasteiger partial charge in [0.1, 0.15) is 0 Å². The molecular formula is C25H23BrN2O7.